The number of benzene rings is 1. The molecule has 0 aliphatic heterocycles. The van der Waals surface area contributed by atoms with Gasteiger partial charge in [0, 0.05) is 0 Å². The van der Waals surface area contributed by atoms with E-state index in [9.17, 15) is 4.79 Å². The average Bonchev–Trinajstić information content (AvgIpc) is 3.16. The molecule has 0 radical (unpaired) electrons. The van der Waals surface area contributed by atoms with Crippen LogP contribution in [0, 0.1) is 0 Å². The van der Waals surface area contributed by atoms with Gasteiger partial charge in [-0.1, -0.05) is 23.7 Å². The summed E-state index contributed by atoms with van der Waals surface area (Å²) in [5.41, 5.74) is 1.01. The molecule has 0 unspecified atom stereocenters. The summed E-state index contributed by atoms with van der Waals surface area (Å²) in [5, 5.41) is 6.27. The Hall–Kier alpha value is -1.81. The van der Waals surface area contributed by atoms with Gasteiger partial charge in [0.25, 0.3) is 5.56 Å². The molecule has 1 aliphatic rings. The molecule has 1 aromatic carbocycles. The lowest BCUT2D eigenvalue weighted by molar-refractivity contribution is 0.303. The number of nitrogens with one attached hydrogen (secondary N) is 1. The number of aromatic nitrogens is 2. The second kappa shape index (κ2) is 4.46. The molecule has 1 saturated carbocycles. The van der Waals surface area contributed by atoms with Gasteiger partial charge in [0.2, 0.25) is 0 Å². The number of nitrogens with zero attached hydrogens (tertiary/aromatic N) is 1. The van der Waals surface area contributed by atoms with Gasteiger partial charge in [-0.3, -0.25) is 4.79 Å². The minimum absolute atomic E-state index is 0.261. The predicted molar refractivity (Wildman–Crippen MR) is 69.0 cm³/mol. The van der Waals surface area contributed by atoms with Gasteiger partial charge in [-0.2, -0.15) is 5.10 Å². The topological polar surface area (TPSA) is 55.0 Å². The first-order valence-corrected chi connectivity index (χ1v) is 6.12. The Morgan fingerprint density at radius 1 is 1.33 bits per heavy atom. The molecule has 1 aliphatic carbocycles. The molecule has 92 valence electrons. The zero-order valence-electron chi connectivity index (χ0n) is 9.52. The summed E-state index contributed by atoms with van der Waals surface area (Å²) in [4.78, 5) is 11.7. The van der Waals surface area contributed by atoms with Gasteiger partial charge >= 0.3 is 0 Å². The predicted octanol–water partition coefficient (Wildman–Crippen LogP) is 2.63. The molecular weight excluding hydrogens is 252 g/mol. The van der Waals surface area contributed by atoms with E-state index >= 15 is 0 Å². The SMILES string of the molecule is O=c1[nH]nc(Cl)cc1-c1cccc(OC2CC2)c1. The summed E-state index contributed by atoms with van der Waals surface area (Å²) >= 11 is 5.79. The molecule has 5 heteroatoms. The Labute approximate surface area is 109 Å². The molecule has 1 N–H and O–H groups in total. The van der Waals surface area contributed by atoms with E-state index in [1.807, 2.05) is 24.3 Å². The normalized spacial score (nSPS) is 14.5. The van der Waals surface area contributed by atoms with Crippen molar-refractivity contribution in [3.05, 3.63) is 45.8 Å². The van der Waals surface area contributed by atoms with Crippen LogP contribution in [-0.4, -0.2) is 16.3 Å². The maximum Gasteiger partial charge on any atom is 0.272 e. The van der Waals surface area contributed by atoms with Crippen LogP contribution in [0.1, 0.15) is 12.8 Å². The van der Waals surface area contributed by atoms with E-state index in [0.717, 1.165) is 24.2 Å². The van der Waals surface area contributed by atoms with Crippen LogP contribution >= 0.6 is 11.6 Å². The fraction of sp³-hybridized carbons (Fsp3) is 0.231. The minimum atomic E-state index is -0.261. The van der Waals surface area contributed by atoms with Crippen LogP contribution in [0.15, 0.2) is 35.1 Å². The Bertz CT molecular complexity index is 635. The van der Waals surface area contributed by atoms with Crippen LogP contribution in [0.3, 0.4) is 0 Å². The highest BCUT2D eigenvalue weighted by atomic mass is 35.5. The van der Waals surface area contributed by atoms with Crippen molar-refractivity contribution >= 4 is 11.6 Å². The van der Waals surface area contributed by atoms with E-state index in [0.29, 0.717) is 11.7 Å². The van der Waals surface area contributed by atoms with Crippen molar-refractivity contribution in [2.45, 2.75) is 18.9 Å². The van der Waals surface area contributed by atoms with Gasteiger partial charge in [-0.05, 0) is 36.6 Å². The smallest absolute Gasteiger partial charge is 0.272 e. The lowest BCUT2D eigenvalue weighted by atomic mass is 10.1. The van der Waals surface area contributed by atoms with Crippen molar-refractivity contribution in [2.24, 2.45) is 0 Å². The minimum Gasteiger partial charge on any atom is -0.490 e. The van der Waals surface area contributed by atoms with E-state index in [1.54, 1.807) is 6.07 Å². The van der Waals surface area contributed by atoms with E-state index in [2.05, 4.69) is 10.2 Å². The molecule has 0 amide bonds. The highest BCUT2D eigenvalue weighted by Gasteiger charge is 2.23. The van der Waals surface area contributed by atoms with Gasteiger partial charge in [0.15, 0.2) is 0 Å². The number of H-pyrrole nitrogens is 1. The highest BCUT2D eigenvalue weighted by Crippen LogP contribution is 2.29. The van der Waals surface area contributed by atoms with Crippen molar-refractivity contribution in [3.63, 3.8) is 0 Å². The Morgan fingerprint density at radius 3 is 2.94 bits per heavy atom. The quantitative estimate of drug-likeness (QED) is 0.925. The Balaban J connectivity index is 1.99. The summed E-state index contributed by atoms with van der Waals surface area (Å²) in [6.45, 7) is 0. The molecule has 0 bridgehead atoms. The molecule has 4 nitrogen and oxygen atoms in total. The number of ether oxygens (including phenoxy) is 1. The zero-order chi connectivity index (χ0) is 12.5. The summed E-state index contributed by atoms with van der Waals surface area (Å²) in [5.74, 6) is 0.780. The second-order valence-electron chi connectivity index (χ2n) is 4.28. The highest BCUT2D eigenvalue weighted by molar-refractivity contribution is 6.29. The summed E-state index contributed by atoms with van der Waals surface area (Å²) in [7, 11) is 0. The molecule has 18 heavy (non-hydrogen) atoms. The van der Waals surface area contributed by atoms with Crippen LogP contribution < -0.4 is 10.3 Å². The van der Waals surface area contributed by atoms with Gasteiger partial charge in [-0.15, -0.1) is 0 Å². The lowest BCUT2D eigenvalue weighted by Crippen LogP contribution is -2.10. The van der Waals surface area contributed by atoms with E-state index in [1.165, 1.54) is 0 Å². The maximum atomic E-state index is 11.7. The first-order valence-electron chi connectivity index (χ1n) is 5.75. The van der Waals surface area contributed by atoms with Crippen LogP contribution in [0.2, 0.25) is 5.15 Å². The van der Waals surface area contributed by atoms with Crippen LogP contribution in [0.5, 0.6) is 5.75 Å². The standard InChI is InChI=1S/C13H11ClN2O2/c14-12-7-11(13(17)16-15-12)8-2-1-3-10(6-8)18-9-4-5-9/h1-3,6-7,9H,4-5H2,(H,16,17). The molecular formula is C13H11ClN2O2. The summed E-state index contributed by atoms with van der Waals surface area (Å²) in [6.07, 6.45) is 2.54. The van der Waals surface area contributed by atoms with Crippen LogP contribution in [0.25, 0.3) is 11.1 Å². The van der Waals surface area contributed by atoms with Crippen molar-refractivity contribution < 1.29 is 4.74 Å². The van der Waals surface area contributed by atoms with Gasteiger partial charge in [-0.25, -0.2) is 5.10 Å². The Morgan fingerprint density at radius 2 is 2.17 bits per heavy atom. The van der Waals surface area contributed by atoms with Crippen molar-refractivity contribution in [1.82, 2.24) is 10.2 Å². The molecule has 1 aromatic heterocycles. The van der Waals surface area contributed by atoms with Crippen molar-refractivity contribution in [1.29, 1.82) is 0 Å². The molecule has 0 spiro atoms. The third-order valence-corrected chi connectivity index (χ3v) is 2.94. The van der Waals surface area contributed by atoms with Gasteiger partial charge in [0.1, 0.15) is 10.9 Å². The third kappa shape index (κ3) is 2.38. The Kier molecular flexibility index (Phi) is 2.80. The fourth-order valence-corrected chi connectivity index (χ4v) is 1.86. The molecule has 2 aromatic rings. The van der Waals surface area contributed by atoms with E-state index in [-0.39, 0.29) is 10.7 Å². The molecule has 1 heterocycles. The van der Waals surface area contributed by atoms with Crippen molar-refractivity contribution in [3.8, 4) is 16.9 Å². The van der Waals surface area contributed by atoms with Crippen LogP contribution in [-0.2, 0) is 0 Å². The molecule has 3 rings (SSSR count). The maximum absolute atomic E-state index is 11.7. The number of hydrogen-bond donors (Lipinski definition) is 1. The molecule has 1 fully saturated rings. The lowest BCUT2D eigenvalue weighted by Gasteiger charge is -2.06. The van der Waals surface area contributed by atoms with E-state index in [4.69, 9.17) is 16.3 Å². The number of hydrogen-bond acceptors (Lipinski definition) is 3. The first-order chi connectivity index (χ1) is 8.72. The number of aromatic amines is 1. The monoisotopic (exact) mass is 262 g/mol. The number of rotatable bonds is 3. The van der Waals surface area contributed by atoms with E-state index < -0.39 is 0 Å². The third-order valence-electron chi connectivity index (χ3n) is 2.74. The first kappa shape index (κ1) is 11.3. The average molecular weight is 263 g/mol. The van der Waals surface area contributed by atoms with Crippen LogP contribution in [0.4, 0.5) is 0 Å². The molecule has 0 atom stereocenters. The second-order valence-corrected chi connectivity index (χ2v) is 4.67. The summed E-state index contributed by atoms with van der Waals surface area (Å²) < 4.78 is 5.70. The molecule has 0 saturated heterocycles. The summed E-state index contributed by atoms with van der Waals surface area (Å²) in [6, 6.07) is 9.00. The van der Waals surface area contributed by atoms with Crippen molar-refractivity contribution in [2.75, 3.05) is 0 Å². The van der Waals surface area contributed by atoms with Gasteiger partial charge in [0.05, 0.1) is 11.7 Å². The largest absolute Gasteiger partial charge is 0.490 e. The fourth-order valence-electron chi connectivity index (χ4n) is 1.71. The van der Waals surface area contributed by atoms with Gasteiger partial charge < -0.3 is 4.74 Å². The number of halogens is 1. The zero-order valence-corrected chi connectivity index (χ0v) is 10.3.